The average molecular weight is 314 g/mol. The van der Waals surface area contributed by atoms with Gasteiger partial charge in [0.05, 0.1) is 10.5 Å². The highest BCUT2D eigenvalue weighted by Gasteiger charge is 2.37. The van der Waals surface area contributed by atoms with Gasteiger partial charge < -0.3 is 0 Å². The van der Waals surface area contributed by atoms with Crippen LogP contribution >= 0.6 is 11.6 Å². The second kappa shape index (κ2) is 4.96. The number of sulfonamides is 1. The molecule has 3 nitrogen and oxygen atoms in total. The molecule has 0 spiro atoms. The Morgan fingerprint density at radius 3 is 2.47 bits per heavy atom. The molecule has 0 radical (unpaired) electrons. The Morgan fingerprint density at radius 1 is 1.32 bits per heavy atom. The van der Waals surface area contributed by atoms with E-state index in [1.807, 2.05) is 0 Å². The summed E-state index contributed by atoms with van der Waals surface area (Å²) < 4.78 is 64.4. The van der Waals surface area contributed by atoms with Crippen LogP contribution in [0.2, 0.25) is 5.02 Å². The summed E-state index contributed by atoms with van der Waals surface area (Å²) in [6.45, 7) is 0.169. The maximum Gasteiger partial charge on any atom is 0.417 e. The lowest BCUT2D eigenvalue weighted by atomic mass is 10.2. The van der Waals surface area contributed by atoms with Gasteiger partial charge in [0.15, 0.2) is 0 Å². The zero-order chi connectivity index (χ0) is 14.3. The maximum atomic E-state index is 12.8. The molecule has 1 aromatic carbocycles. The summed E-state index contributed by atoms with van der Waals surface area (Å²) >= 11 is 5.50. The lowest BCUT2D eigenvalue weighted by Gasteiger charge is -2.14. The molecule has 19 heavy (non-hydrogen) atoms. The van der Waals surface area contributed by atoms with Crippen LogP contribution in [0.3, 0.4) is 0 Å². The van der Waals surface area contributed by atoms with Crippen molar-refractivity contribution in [3.63, 3.8) is 0 Å². The van der Waals surface area contributed by atoms with Crippen LogP contribution in [0.15, 0.2) is 23.1 Å². The first-order chi connectivity index (χ1) is 8.70. The molecule has 0 aliphatic heterocycles. The molecule has 0 unspecified atom stereocenters. The molecule has 0 saturated heterocycles. The second-order valence-corrected chi connectivity index (χ2v) is 6.61. The highest BCUT2D eigenvalue weighted by Crippen LogP contribution is 2.36. The van der Waals surface area contributed by atoms with Gasteiger partial charge >= 0.3 is 6.18 Å². The molecule has 2 rings (SSSR count). The van der Waals surface area contributed by atoms with Crippen molar-refractivity contribution in [2.75, 3.05) is 6.54 Å². The van der Waals surface area contributed by atoms with Crippen molar-refractivity contribution in [3.05, 3.63) is 28.8 Å². The fourth-order valence-corrected chi connectivity index (χ4v) is 3.08. The summed E-state index contributed by atoms with van der Waals surface area (Å²) in [5.41, 5.74) is -1.25. The predicted octanol–water partition coefficient (Wildman–Crippen LogP) is 3.05. The first kappa shape index (κ1) is 14.6. The summed E-state index contributed by atoms with van der Waals surface area (Å²) in [4.78, 5) is -0.787. The van der Waals surface area contributed by atoms with Gasteiger partial charge in [-0.1, -0.05) is 11.6 Å². The SMILES string of the molecule is O=S(=O)(NCC1CC1)c1ccc(Cl)cc1C(F)(F)F. The van der Waals surface area contributed by atoms with E-state index in [-0.39, 0.29) is 17.5 Å². The van der Waals surface area contributed by atoms with E-state index in [2.05, 4.69) is 4.72 Å². The Bertz CT molecular complexity index is 582. The average Bonchev–Trinajstić information content (AvgIpc) is 3.08. The first-order valence-electron chi connectivity index (χ1n) is 5.56. The molecule has 1 aliphatic rings. The van der Waals surface area contributed by atoms with Crippen LogP contribution in [-0.4, -0.2) is 15.0 Å². The van der Waals surface area contributed by atoms with Gasteiger partial charge in [0.25, 0.3) is 0 Å². The third kappa shape index (κ3) is 3.61. The van der Waals surface area contributed by atoms with Gasteiger partial charge in [-0.3, -0.25) is 0 Å². The lowest BCUT2D eigenvalue weighted by molar-refractivity contribution is -0.139. The summed E-state index contributed by atoms with van der Waals surface area (Å²) in [5.74, 6) is 0.233. The van der Waals surface area contributed by atoms with Crippen molar-refractivity contribution >= 4 is 21.6 Å². The lowest BCUT2D eigenvalue weighted by Crippen LogP contribution is -2.28. The smallest absolute Gasteiger partial charge is 0.211 e. The molecule has 0 heterocycles. The molecule has 1 aromatic rings. The third-order valence-electron chi connectivity index (χ3n) is 2.80. The highest BCUT2D eigenvalue weighted by atomic mass is 35.5. The Morgan fingerprint density at radius 2 is 1.95 bits per heavy atom. The molecule has 106 valence electrons. The van der Waals surface area contributed by atoms with Crippen molar-refractivity contribution in [2.24, 2.45) is 5.92 Å². The molecular weight excluding hydrogens is 303 g/mol. The van der Waals surface area contributed by atoms with Gasteiger partial charge in [0.1, 0.15) is 0 Å². The Kier molecular flexibility index (Phi) is 3.81. The van der Waals surface area contributed by atoms with Crippen LogP contribution in [0.1, 0.15) is 18.4 Å². The van der Waals surface area contributed by atoms with E-state index in [1.54, 1.807) is 0 Å². The van der Waals surface area contributed by atoms with Crippen molar-refractivity contribution in [1.82, 2.24) is 4.72 Å². The minimum atomic E-state index is -4.77. The largest absolute Gasteiger partial charge is 0.417 e. The first-order valence-corrected chi connectivity index (χ1v) is 7.42. The monoisotopic (exact) mass is 313 g/mol. The van der Waals surface area contributed by atoms with E-state index in [0.717, 1.165) is 25.0 Å². The standard InChI is InChI=1S/C11H11ClF3NO2S/c12-8-3-4-10(9(5-8)11(13,14)15)19(17,18)16-6-7-1-2-7/h3-5,7,16H,1-2,6H2. The van der Waals surface area contributed by atoms with Crippen molar-refractivity contribution in [3.8, 4) is 0 Å². The minimum Gasteiger partial charge on any atom is -0.211 e. The normalized spacial score (nSPS) is 16.6. The Hall–Kier alpha value is -0.790. The number of halogens is 4. The van der Waals surface area contributed by atoms with Gasteiger partial charge in [0.2, 0.25) is 10.0 Å². The van der Waals surface area contributed by atoms with Gasteiger partial charge in [-0.25, -0.2) is 13.1 Å². The molecule has 1 N–H and O–H groups in total. The zero-order valence-electron chi connectivity index (χ0n) is 9.67. The molecule has 0 atom stereocenters. The molecule has 1 fully saturated rings. The topological polar surface area (TPSA) is 46.2 Å². The Labute approximate surface area is 113 Å². The van der Waals surface area contributed by atoms with Crippen LogP contribution in [-0.2, 0) is 16.2 Å². The van der Waals surface area contributed by atoms with Crippen molar-refractivity contribution in [2.45, 2.75) is 23.9 Å². The summed E-state index contributed by atoms with van der Waals surface area (Å²) in [7, 11) is -4.17. The van der Waals surface area contributed by atoms with Crippen LogP contribution in [0.4, 0.5) is 13.2 Å². The summed E-state index contributed by atoms with van der Waals surface area (Å²) in [5, 5.41) is -0.159. The third-order valence-corrected chi connectivity index (χ3v) is 4.51. The number of nitrogens with one attached hydrogen (secondary N) is 1. The molecule has 0 amide bonds. The Balaban J connectivity index is 2.37. The van der Waals surface area contributed by atoms with Gasteiger partial charge in [-0.15, -0.1) is 0 Å². The predicted molar refractivity (Wildman–Crippen MR) is 64.4 cm³/mol. The van der Waals surface area contributed by atoms with E-state index >= 15 is 0 Å². The van der Waals surface area contributed by atoms with Gasteiger partial charge in [-0.05, 0) is 37.0 Å². The van der Waals surface area contributed by atoms with E-state index < -0.39 is 26.7 Å². The van der Waals surface area contributed by atoms with Crippen molar-refractivity contribution in [1.29, 1.82) is 0 Å². The maximum absolute atomic E-state index is 12.8. The number of hydrogen-bond acceptors (Lipinski definition) is 2. The van der Waals surface area contributed by atoms with Crippen molar-refractivity contribution < 1.29 is 21.6 Å². The number of benzene rings is 1. The summed E-state index contributed by atoms with van der Waals surface area (Å²) in [6.07, 6.45) is -2.97. The molecular formula is C11H11ClF3NO2S. The van der Waals surface area contributed by atoms with Crippen LogP contribution in [0.25, 0.3) is 0 Å². The zero-order valence-corrected chi connectivity index (χ0v) is 11.2. The summed E-state index contributed by atoms with van der Waals surface area (Å²) in [6, 6.07) is 2.62. The van der Waals surface area contributed by atoms with E-state index in [4.69, 9.17) is 11.6 Å². The molecule has 0 bridgehead atoms. The van der Waals surface area contributed by atoms with Gasteiger partial charge in [0, 0.05) is 11.6 Å². The fraction of sp³-hybridized carbons (Fsp3) is 0.455. The van der Waals surface area contributed by atoms with Crippen LogP contribution < -0.4 is 4.72 Å². The minimum absolute atomic E-state index is 0.159. The number of rotatable bonds is 4. The van der Waals surface area contributed by atoms with Gasteiger partial charge in [-0.2, -0.15) is 13.2 Å². The van der Waals surface area contributed by atoms with Crippen LogP contribution in [0, 0.1) is 5.92 Å². The van der Waals surface area contributed by atoms with E-state index in [1.165, 1.54) is 0 Å². The quantitative estimate of drug-likeness (QED) is 0.928. The number of alkyl halides is 3. The molecule has 1 saturated carbocycles. The fourth-order valence-electron chi connectivity index (χ4n) is 1.59. The highest BCUT2D eigenvalue weighted by molar-refractivity contribution is 7.89. The number of hydrogen-bond donors (Lipinski definition) is 1. The second-order valence-electron chi connectivity index (χ2n) is 4.43. The van der Waals surface area contributed by atoms with E-state index in [9.17, 15) is 21.6 Å². The van der Waals surface area contributed by atoms with Crippen LogP contribution in [0.5, 0.6) is 0 Å². The molecule has 8 heteroatoms. The molecule has 0 aromatic heterocycles. The molecule has 1 aliphatic carbocycles. The van der Waals surface area contributed by atoms with E-state index in [0.29, 0.717) is 6.07 Å².